The normalized spacial score (nSPS) is 17.8. The number of thioether (sulfide) groups is 1. The van der Waals surface area contributed by atoms with Crippen LogP contribution in [0.2, 0.25) is 0 Å². The summed E-state index contributed by atoms with van der Waals surface area (Å²) in [6.07, 6.45) is 1.12. The molecule has 2 aliphatic rings. The molecule has 3 nitrogen and oxygen atoms in total. The number of hydrogen-bond acceptors (Lipinski definition) is 4. The average Bonchev–Trinajstić information content (AvgIpc) is 3.23. The topological polar surface area (TPSA) is 50.6 Å². The molecule has 1 aromatic carbocycles. The molecule has 0 bridgehead atoms. The fourth-order valence-corrected chi connectivity index (χ4v) is 2.18. The minimum atomic E-state index is 0. The second kappa shape index (κ2) is 8.23. The van der Waals surface area contributed by atoms with Gasteiger partial charge in [0.25, 0.3) is 0 Å². The summed E-state index contributed by atoms with van der Waals surface area (Å²) in [5, 5.41) is 0. The molecule has 2 aliphatic heterocycles. The van der Waals surface area contributed by atoms with Crippen LogP contribution in [0.4, 0.5) is 0 Å². The molecule has 3 N–H and O–H groups in total. The van der Waals surface area contributed by atoms with Crippen molar-refractivity contribution < 1.29 is 0 Å². The second-order valence-electron chi connectivity index (χ2n) is 4.65. The SMILES string of the molecule is C1CS1.CCC(C1=NCCN1C)c1ccccc1.N. The molecule has 1 saturated heterocycles. The lowest BCUT2D eigenvalue weighted by Gasteiger charge is -2.22. The van der Waals surface area contributed by atoms with Crippen molar-refractivity contribution in [3.63, 3.8) is 0 Å². The van der Waals surface area contributed by atoms with E-state index in [4.69, 9.17) is 0 Å². The Kier molecular flexibility index (Phi) is 6.95. The first-order valence-corrected chi connectivity index (χ1v) is 7.86. The smallest absolute Gasteiger partial charge is 0.106 e. The maximum atomic E-state index is 4.61. The number of aliphatic imine (C=N–C) groups is 1. The van der Waals surface area contributed by atoms with Crippen LogP contribution in [-0.4, -0.2) is 42.4 Å². The number of rotatable bonds is 3. The summed E-state index contributed by atoms with van der Waals surface area (Å²) in [6.45, 7) is 4.25. The Bertz CT molecular complexity index is 387. The first kappa shape index (κ1) is 16.1. The van der Waals surface area contributed by atoms with E-state index in [1.54, 1.807) is 0 Å². The van der Waals surface area contributed by atoms with E-state index in [-0.39, 0.29) is 6.15 Å². The maximum Gasteiger partial charge on any atom is 0.106 e. The number of nitrogens with zero attached hydrogens (tertiary/aromatic N) is 2. The Morgan fingerprint density at radius 2 is 1.89 bits per heavy atom. The lowest BCUT2D eigenvalue weighted by Crippen LogP contribution is -2.28. The zero-order chi connectivity index (χ0) is 12.8. The Morgan fingerprint density at radius 3 is 2.32 bits per heavy atom. The minimum absolute atomic E-state index is 0. The molecule has 0 radical (unpaired) electrons. The van der Waals surface area contributed by atoms with Crippen LogP contribution in [0.3, 0.4) is 0 Å². The summed E-state index contributed by atoms with van der Waals surface area (Å²) in [5.74, 6) is 4.56. The highest BCUT2D eigenvalue weighted by molar-refractivity contribution is 8.06. The maximum absolute atomic E-state index is 4.61. The fourth-order valence-electron chi connectivity index (χ4n) is 2.18. The molecule has 1 fully saturated rings. The summed E-state index contributed by atoms with van der Waals surface area (Å²) >= 11 is 2.00. The van der Waals surface area contributed by atoms with Crippen molar-refractivity contribution in [1.29, 1.82) is 0 Å². The van der Waals surface area contributed by atoms with Gasteiger partial charge >= 0.3 is 0 Å². The summed E-state index contributed by atoms with van der Waals surface area (Å²) in [6, 6.07) is 10.7. The summed E-state index contributed by atoms with van der Waals surface area (Å²) in [7, 11) is 2.14. The van der Waals surface area contributed by atoms with Gasteiger partial charge in [-0.3, -0.25) is 4.99 Å². The molecule has 1 aromatic rings. The number of likely N-dealkylation sites (N-methyl/N-ethyl adjacent to an activating group) is 1. The van der Waals surface area contributed by atoms with Gasteiger partial charge in [0.2, 0.25) is 0 Å². The third kappa shape index (κ3) is 4.88. The molecule has 0 aromatic heterocycles. The highest BCUT2D eigenvalue weighted by atomic mass is 32.2. The van der Waals surface area contributed by atoms with Crippen LogP contribution in [0.5, 0.6) is 0 Å². The van der Waals surface area contributed by atoms with Gasteiger partial charge in [0.05, 0.1) is 6.54 Å². The van der Waals surface area contributed by atoms with Crippen molar-refractivity contribution in [3.8, 4) is 0 Å². The van der Waals surface area contributed by atoms with Gasteiger partial charge in [0.15, 0.2) is 0 Å². The summed E-state index contributed by atoms with van der Waals surface area (Å²) in [5.41, 5.74) is 1.38. The molecule has 3 rings (SSSR count). The Balaban J connectivity index is 0.000000398. The van der Waals surface area contributed by atoms with E-state index < -0.39 is 0 Å². The lowest BCUT2D eigenvalue weighted by atomic mass is 9.95. The predicted octanol–water partition coefficient (Wildman–Crippen LogP) is 3.42. The van der Waals surface area contributed by atoms with Crippen molar-refractivity contribution in [1.82, 2.24) is 11.1 Å². The van der Waals surface area contributed by atoms with E-state index in [1.807, 2.05) is 11.8 Å². The van der Waals surface area contributed by atoms with Crippen LogP contribution in [0.25, 0.3) is 0 Å². The number of amidine groups is 1. The highest BCUT2D eigenvalue weighted by Gasteiger charge is 2.22. The first-order valence-electron chi connectivity index (χ1n) is 6.71. The van der Waals surface area contributed by atoms with Gasteiger partial charge in [-0.2, -0.15) is 11.8 Å². The van der Waals surface area contributed by atoms with Crippen LogP contribution in [0.15, 0.2) is 35.3 Å². The third-order valence-corrected chi connectivity index (χ3v) is 3.63. The fraction of sp³-hybridized carbons (Fsp3) is 0.533. The summed E-state index contributed by atoms with van der Waals surface area (Å²) in [4.78, 5) is 6.89. The number of benzene rings is 1. The zero-order valence-electron chi connectivity index (χ0n) is 12.0. The molecular formula is C15H25N3S. The Hall–Kier alpha value is -1.00. The molecule has 0 saturated carbocycles. The van der Waals surface area contributed by atoms with Gasteiger partial charge in [0, 0.05) is 31.0 Å². The van der Waals surface area contributed by atoms with Crippen molar-refractivity contribution in [3.05, 3.63) is 35.9 Å². The molecule has 0 spiro atoms. The van der Waals surface area contributed by atoms with Crippen LogP contribution >= 0.6 is 11.8 Å². The molecule has 0 aliphatic carbocycles. The molecule has 106 valence electrons. The van der Waals surface area contributed by atoms with Gasteiger partial charge in [-0.05, 0) is 12.0 Å². The van der Waals surface area contributed by atoms with Gasteiger partial charge in [-0.25, -0.2) is 0 Å². The summed E-state index contributed by atoms with van der Waals surface area (Å²) < 4.78 is 0. The second-order valence-corrected chi connectivity index (χ2v) is 5.87. The standard InChI is InChI=1S/C13H18N2.C2H4S.H3N/c1-3-12(11-7-5-4-6-8-11)13-14-9-10-15(13)2;1-2-3-1;/h4-8,12H,3,9-10H2,1-2H3;1-2H2;1H3. The van der Waals surface area contributed by atoms with Crippen molar-refractivity contribution in [2.24, 2.45) is 4.99 Å². The third-order valence-electron chi connectivity index (χ3n) is 3.23. The minimum Gasteiger partial charge on any atom is -0.361 e. The molecular weight excluding hydrogens is 254 g/mol. The Labute approximate surface area is 121 Å². The molecule has 1 unspecified atom stereocenters. The Morgan fingerprint density at radius 1 is 1.26 bits per heavy atom. The van der Waals surface area contributed by atoms with Crippen molar-refractivity contribution in [2.45, 2.75) is 19.3 Å². The average molecular weight is 279 g/mol. The number of hydrogen-bond donors (Lipinski definition) is 1. The van der Waals surface area contributed by atoms with Crippen LogP contribution in [0.1, 0.15) is 24.8 Å². The van der Waals surface area contributed by atoms with Crippen molar-refractivity contribution >= 4 is 17.6 Å². The molecule has 4 heteroatoms. The van der Waals surface area contributed by atoms with E-state index in [1.165, 1.54) is 22.9 Å². The van der Waals surface area contributed by atoms with Crippen molar-refractivity contribution in [2.75, 3.05) is 31.6 Å². The van der Waals surface area contributed by atoms with Crippen LogP contribution < -0.4 is 6.15 Å². The molecule has 19 heavy (non-hydrogen) atoms. The molecule has 0 amide bonds. The van der Waals surface area contributed by atoms with Crippen LogP contribution in [0, 0.1) is 0 Å². The molecule has 1 atom stereocenters. The van der Waals surface area contributed by atoms with Gasteiger partial charge < -0.3 is 11.1 Å². The quantitative estimate of drug-likeness (QED) is 0.863. The van der Waals surface area contributed by atoms with Crippen LogP contribution in [-0.2, 0) is 0 Å². The van der Waals surface area contributed by atoms with E-state index in [9.17, 15) is 0 Å². The largest absolute Gasteiger partial charge is 0.361 e. The first-order chi connectivity index (χ1) is 8.83. The lowest BCUT2D eigenvalue weighted by molar-refractivity contribution is 0.532. The molecule has 2 heterocycles. The highest BCUT2D eigenvalue weighted by Crippen LogP contribution is 2.24. The monoisotopic (exact) mass is 279 g/mol. The van der Waals surface area contributed by atoms with E-state index >= 15 is 0 Å². The van der Waals surface area contributed by atoms with E-state index in [2.05, 4.69) is 54.2 Å². The van der Waals surface area contributed by atoms with Gasteiger partial charge in [0.1, 0.15) is 5.84 Å². The predicted molar refractivity (Wildman–Crippen MR) is 86.8 cm³/mol. The van der Waals surface area contributed by atoms with Gasteiger partial charge in [-0.1, -0.05) is 37.3 Å². The van der Waals surface area contributed by atoms with E-state index in [0.717, 1.165) is 19.5 Å². The van der Waals surface area contributed by atoms with E-state index in [0.29, 0.717) is 5.92 Å². The zero-order valence-corrected chi connectivity index (χ0v) is 12.8. The van der Waals surface area contributed by atoms with Gasteiger partial charge in [-0.15, -0.1) is 0 Å².